The van der Waals surface area contributed by atoms with Gasteiger partial charge < -0.3 is 10.6 Å². The van der Waals surface area contributed by atoms with E-state index < -0.39 is 73.2 Å². The summed E-state index contributed by atoms with van der Waals surface area (Å²) in [7, 11) is -4.59. The number of hydrogen-bond acceptors (Lipinski definition) is 4. The standard InChI is InChI=1S/C30H30F8N2O4S/c1-26(12-10-17(11-13-26)24(39)41)25(42)40-15-14-27(45(43,44)21-6-4-20(31)5-7-21)22-8-3-19(16-18(22)2-9-23(27)40)28(32,29(33,34)35)30(36,37)38/h3-8,16-17,23H,2,9-15H2,1H3,(H2,39,41)/t17-,23-,26-,27-/m0/s1. The monoisotopic (exact) mass is 666 g/mol. The fourth-order valence-electron chi connectivity index (χ4n) is 7.40. The molecule has 0 spiro atoms. The van der Waals surface area contributed by atoms with Gasteiger partial charge in [-0.15, -0.1) is 0 Å². The Balaban J connectivity index is 1.64. The molecular weight excluding hydrogens is 636 g/mol. The Labute approximate surface area is 253 Å². The first-order valence-electron chi connectivity index (χ1n) is 14.3. The number of likely N-dealkylation sites (tertiary alicyclic amines) is 1. The summed E-state index contributed by atoms with van der Waals surface area (Å²) in [5.74, 6) is -2.07. The molecule has 1 heterocycles. The maximum atomic E-state index is 15.0. The fraction of sp³-hybridized carbons (Fsp3) is 0.533. The maximum absolute atomic E-state index is 15.0. The second-order valence-electron chi connectivity index (χ2n) is 12.4. The number of benzene rings is 2. The molecular formula is C30H30F8N2O4S. The average molecular weight is 667 g/mol. The van der Waals surface area contributed by atoms with Crippen molar-refractivity contribution in [3.05, 3.63) is 65.0 Å². The molecule has 2 N–H and O–H groups in total. The van der Waals surface area contributed by atoms with E-state index in [1.807, 2.05) is 0 Å². The van der Waals surface area contributed by atoms with Crippen molar-refractivity contribution in [1.29, 1.82) is 0 Å². The van der Waals surface area contributed by atoms with E-state index in [-0.39, 0.29) is 54.7 Å². The predicted octanol–water partition coefficient (Wildman–Crippen LogP) is 6.01. The Kier molecular flexibility index (Phi) is 7.85. The summed E-state index contributed by atoms with van der Waals surface area (Å²) in [4.78, 5) is 26.8. The summed E-state index contributed by atoms with van der Waals surface area (Å²) in [6.45, 7) is 1.58. The van der Waals surface area contributed by atoms with Crippen molar-refractivity contribution < 1.29 is 53.1 Å². The number of amides is 2. The van der Waals surface area contributed by atoms with Gasteiger partial charge in [-0.25, -0.2) is 17.2 Å². The summed E-state index contributed by atoms with van der Waals surface area (Å²) in [5.41, 5.74) is -3.38. The van der Waals surface area contributed by atoms with Gasteiger partial charge in [-0.1, -0.05) is 25.1 Å². The molecule has 2 aliphatic carbocycles. The summed E-state index contributed by atoms with van der Waals surface area (Å²) in [5, 5.41) is 0. The average Bonchev–Trinajstić information content (AvgIpc) is 3.37. The fourth-order valence-corrected chi connectivity index (χ4v) is 9.76. The molecule has 246 valence electrons. The predicted molar refractivity (Wildman–Crippen MR) is 144 cm³/mol. The van der Waals surface area contributed by atoms with Crippen LogP contribution in [0.5, 0.6) is 0 Å². The number of rotatable bonds is 5. The molecule has 15 heteroatoms. The van der Waals surface area contributed by atoms with Gasteiger partial charge in [0.2, 0.25) is 11.8 Å². The van der Waals surface area contributed by atoms with E-state index in [1.165, 1.54) is 4.90 Å². The van der Waals surface area contributed by atoms with Gasteiger partial charge >= 0.3 is 18.0 Å². The molecule has 45 heavy (non-hydrogen) atoms. The maximum Gasteiger partial charge on any atom is 0.435 e. The van der Waals surface area contributed by atoms with E-state index in [9.17, 15) is 48.7 Å². The van der Waals surface area contributed by atoms with Crippen molar-refractivity contribution in [3.63, 3.8) is 0 Å². The number of aryl methyl sites for hydroxylation is 1. The van der Waals surface area contributed by atoms with Crippen molar-refractivity contribution in [2.75, 3.05) is 6.54 Å². The van der Waals surface area contributed by atoms with Crippen LogP contribution >= 0.6 is 0 Å². The zero-order chi connectivity index (χ0) is 33.4. The van der Waals surface area contributed by atoms with E-state index in [0.717, 1.165) is 30.3 Å². The zero-order valence-corrected chi connectivity index (χ0v) is 24.8. The lowest BCUT2D eigenvalue weighted by atomic mass is 9.70. The van der Waals surface area contributed by atoms with E-state index in [1.54, 1.807) is 6.92 Å². The molecule has 2 atom stereocenters. The Morgan fingerprint density at radius 3 is 2.00 bits per heavy atom. The number of nitrogens with two attached hydrogens (primary N) is 1. The molecule has 2 aromatic rings. The number of hydrogen-bond donors (Lipinski definition) is 1. The summed E-state index contributed by atoms with van der Waals surface area (Å²) >= 11 is 0. The molecule has 0 bridgehead atoms. The Bertz CT molecular complexity index is 1600. The Morgan fingerprint density at radius 1 is 0.889 bits per heavy atom. The number of carbonyl (C=O) groups excluding carboxylic acids is 2. The minimum atomic E-state index is -6.37. The molecule has 2 fully saturated rings. The van der Waals surface area contributed by atoms with Gasteiger partial charge in [0.05, 0.1) is 10.9 Å². The highest BCUT2D eigenvalue weighted by atomic mass is 32.2. The molecule has 0 radical (unpaired) electrons. The van der Waals surface area contributed by atoms with Gasteiger partial charge in [0.15, 0.2) is 9.84 Å². The number of primary amides is 1. The number of alkyl halides is 7. The Hall–Kier alpha value is -3.23. The molecule has 2 aromatic carbocycles. The van der Waals surface area contributed by atoms with Crippen LogP contribution in [-0.4, -0.2) is 50.1 Å². The first-order chi connectivity index (χ1) is 20.7. The van der Waals surface area contributed by atoms with Crippen molar-refractivity contribution in [2.24, 2.45) is 17.1 Å². The van der Waals surface area contributed by atoms with Gasteiger partial charge in [-0.05, 0) is 80.3 Å². The van der Waals surface area contributed by atoms with E-state index in [4.69, 9.17) is 5.73 Å². The Morgan fingerprint density at radius 2 is 1.47 bits per heavy atom. The topological polar surface area (TPSA) is 97.5 Å². The van der Waals surface area contributed by atoms with Gasteiger partial charge in [-0.2, -0.15) is 26.3 Å². The van der Waals surface area contributed by atoms with Crippen LogP contribution in [-0.2, 0) is 36.3 Å². The van der Waals surface area contributed by atoms with E-state index >= 15 is 4.39 Å². The molecule has 6 nitrogen and oxygen atoms in total. The quantitative estimate of drug-likeness (QED) is 0.312. The molecule has 1 aliphatic heterocycles. The smallest absolute Gasteiger partial charge is 0.369 e. The lowest BCUT2D eigenvalue weighted by molar-refractivity contribution is -0.348. The third-order valence-corrected chi connectivity index (χ3v) is 12.5. The largest absolute Gasteiger partial charge is 0.435 e. The van der Waals surface area contributed by atoms with Gasteiger partial charge in [0.25, 0.3) is 0 Å². The van der Waals surface area contributed by atoms with Crippen LogP contribution in [0.2, 0.25) is 0 Å². The summed E-state index contributed by atoms with van der Waals surface area (Å²) < 4.78 is 137. The number of fused-ring (bicyclic) bond motifs is 3. The first kappa shape index (κ1) is 33.1. The number of sulfone groups is 1. The lowest BCUT2D eigenvalue weighted by Crippen LogP contribution is -2.55. The second-order valence-corrected chi connectivity index (χ2v) is 14.6. The van der Waals surface area contributed by atoms with Crippen LogP contribution in [0.4, 0.5) is 35.1 Å². The van der Waals surface area contributed by atoms with Crippen molar-refractivity contribution in [1.82, 2.24) is 4.90 Å². The minimum Gasteiger partial charge on any atom is -0.369 e. The number of nitrogens with zero attached hydrogens (tertiary/aromatic N) is 1. The normalized spacial score (nSPS) is 27.5. The molecule has 0 unspecified atom stereocenters. The van der Waals surface area contributed by atoms with Crippen LogP contribution in [0.3, 0.4) is 0 Å². The van der Waals surface area contributed by atoms with Crippen LogP contribution in [0.1, 0.15) is 62.1 Å². The SMILES string of the molecule is C[C@]1(C(=O)N2CC[C@]3(S(=O)(=O)c4ccc(F)cc4)c4ccc(C(F)(C(F)(F)F)C(F)(F)F)cc4CC[C@H]23)CC[C@H](C(N)=O)CC1. The molecule has 5 rings (SSSR count). The highest BCUT2D eigenvalue weighted by Gasteiger charge is 2.74. The van der Waals surface area contributed by atoms with Crippen LogP contribution in [0.25, 0.3) is 0 Å². The molecule has 1 saturated heterocycles. The van der Waals surface area contributed by atoms with Crippen LogP contribution < -0.4 is 5.73 Å². The van der Waals surface area contributed by atoms with Crippen molar-refractivity contribution >= 4 is 21.7 Å². The lowest BCUT2D eigenvalue weighted by Gasteiger charge is -2.45. The van der Waals surface area contributed by atoms with Crippen molar-refractivity contribution in [2.45, 2.75) is 85.6 Å². The third-order valence-electron chi connectivity index (χ3n) is 9.94. The van der Waals surface area contributed by atoms with Crippen LogP contribution in [0.15, 0.2) is 47.4 Å². The zero-order valence-electron chi connectivity index (χ0n) is 23.9. The summed E-state index contributed by atoms with van der Waals surface area (Å²) in [6, 6.07) is 4.16. The van der Waals surface area contributed by atoms with Gasteiger partial charge in [-0.3, -0.25) is 9.59 Å². The highest BCUT2D eigenvalue weighted by molar-refractivity contribution is 7.92. The van der Waals surface area contributed by atoms with Crippen LogP contribution in [0, 0.1) is 17.2 Å². The first-order valence-corrected chi connectivity index (χ1v) is 15.8. The second kappa shape index (κ2) is 10.7. The third kappa shape index (κ3) is 4.91. The minimum absolute atomic E-state index is 0.113. The molecule has 3 aliphatic rings. The van der Waals surface area contributed by atoms with Gasteiger partial charge in [0.1, 0.15) is 10.6 Å². The number of halogens is 8. The summed E-state index contributed by atoms with van der Waals surface area (Å²) in [6.07, 6.45) is -12.2. The number of carbonyl (C=O) groups is 2. The molecule has 1 saturated carbocycles. The van der Waals surface area contributed by atoms with E-state index in [2.05, 4.69) is 0 Å². The van der Waals surface area contributed by atoms with E-state index in [0.29, 0.717) is 25.0 Å². The molecule has 2 amide bonds. The van der Waals surface area contributed by atoms with Gasteiger partial charge in [0, 0.05) is 23.4 Å². The molecule has 0 aromatic heterocycles. The highest BCUT2D eigenvalue weighted by Crippen LogP contribution is 2.57. The van der Waals surface area contributed by atoms with Crippen molar-refractivity contribution in [3.8, 4) is 0 Å².